The molecule has 20 heavy (non-hydrogen) atoms. The van der Waals surface area contributed by atoms with Crippen molar-refractivity contribution in [1.82, 2.24) is 4.98 Å². The first-order chi connectivity index (χ1) is 9.39. The van der Waals surface area contributed by atoms with Crippen LogP contribution in [0.1, 0.15) is 5.01 Å². The van der Waals surface area contributed by atoms with Crippen molar-refractivity contribution in [3.05, 3.63) is 44.9 Å². The molecule has 1 aromatic carbocycles. The number of benzene rings is 1. The van der Waals surface area contributed by atoms with Crippen molar-refractivity contribution in [3.8, 4) is 0 Å². The van der Waals surface area contributed by atoms with Crippen LogP contribution >= 0.6 is 11.3 Å². The number of rotatable bonds is 5. The van der Waals surface area contributed by atoms with Crippen LogP contribution in [0.25, 0.3) is 0 Å². The summed E-state index contributed by atoms with van der Waals surface area (Å²) in [5.74, 6) is 0. The molecule has 1 heterocycles. The van der Waals surface area contributed by atoms with Gasteiger partial charge in [0.15, 0.2) is 9.84 Å². The highest BCUT2D eigenvalue weighted by molar-refractivity contribution is 7.90. The zero-order chi connectivity index (χ0) is 14.8. The van der Waals surface area contributed by atoms with Gasteiger partial charge in [-0.15, -0.1) is 11.3 Å². The van der Waals surface area contributed by atoms with E-state index in [1.807, 2.05) is 0 Å². The van der Waals surface area contributed by atoms with Gasteiger partial charge in [-0.05, 0) is 12.1 Å². The first-order valence-corrected chi connectivity index (χ1v) is 8.26. The van der Waals surface area contributed by atoms with Crippen LogP contribution in [0.4, 0.5) is 11.4 Å². The molecule has 2 rings (SSSR count). The van der Waals surface area contributed by atoms with E-state index in [0.29, 0.717) is 6.54 Å². The van der Waals surface area contributed by atoms with Gasteiger partial charge in [-0.25, -0.2) is 13.4 Å². The zero-order valence-corrected chi connectivity index (χ0v) is 12.1. The fraction of sp³-hybridized carbons (Fsp3) is 0.182. The number of nitrogens with zero attached hydrogens (tertiary/aromatic N) is 2. The Morgan fingerprint density at radius 2 is 2.20 bits per heavy atom. The molecule has 0 saturated heterocycles. The molecule has 0 saturated carbocycles. The Labute approximate surface area is 119 Å². The second-order valence-corrected chi connectivity index (χ2v) is 6.92. The minimum Gasteiger partial charge on any atom is -0.373 e. The van der Waals surface area contributed by atoms with E-state index >= 15 is 0 Å². The summed E-state index contributed by atoms with van der Waals surface area (Å²) >= 11 is 1.40. The van der Waals surface area contributed by atoms with Gasteiger partial charge >= 0.3 is 5.69 Å². The molecule has 9 heteroatoms. The molecule has 0 fully saturated rings. The highest BCUT2D eigenvalue weighted by atomic mass is 32.2. The zero-order valence-electron chi connectivity index (χ0n) is 10.4. The maximum Gasteiger partial charge on any atom is 0.310 e. The first kappa shape index (κ1) is 14.4. The number of nitro benzene ring substituents is 1. The molecule has 0 aliphatic rings. The summed E-state index contributed by atoms with van der Waals surface area (Å²) in [5, 5.41) is 16.5. The van der Waals surface area contributed by atoms with Gasteiger partial charge in [-0.3, -0.25) is 10.1 Å². The Morgan fingerprint density at radius 3 is 2.75 bits per heavy atom. The van der Waals surface area contributed by atoms with Crippen molar-refractivity contribution in [1.29, 1.82) is 0 Å². The second-order valence-electron chi connectivity index (χ2n) is 3.96. The van der Waals surface area contributed by atoms with E-state index in [4.69, 9.17) is 0 Å². The standard InChI is InChI=1S/C11H11N3O4S2/c1-20(17,18)9-4-2-3-8(11(9)14(15)16)13-7-10-12-5-6-19-10/h2-6,13H,7H2,1H3. The molecule has 106 valence electrons. The molecular weight excluding hydrogens is 302 g/mol. The number of anilines is 1. The lowest BCUT2D eigenvalue weighted by atomic mass is 10.2. The lowest BCUT2D eigenvalue weighted by Crippen LogP contribution is -2.07. The predicted molar refractivity (Wildman–Crippen MR) is 75.6 cm³/mol. The molecule has 0 aliphatic heterocycles. The van der Waals surface area contributed by atoms with Crippen LogP contribution in [-0.4, -0.2) is 24.6 Å². The first-order valence-electron chi connectivity index (χ1n) is 5.49. The minimum absolute atomic E-state index is 0.160. The summed E-state index contributed by atoms with van der Waals surface area (Å²) < 4.78 is 23.2. The van der Waals surface area contributed by atoms with Crippen molar-refractivity contribution in [2.45, 2.75) is 11.4 Å². The van der Waals surface area contributed by atoms with Gasteiger partial charge in [0.05, 0.1) is 11.5 Å². The summed E-state index contributed by atoms with van der Waals surface area (Å²) in [6.07, 6.45) is 2.57. The lowest BCUT2D eigenvalue weighted by Gasteiger charge is -2.08. The molecule has 0 radical (unpaired) electrons. The van der Waals surface area contributed by atoms with E-state index in [-0.39, 0.29) is 10.6 Å². The molecule has 0 unspecified atom stereocenters. The number of para-hydroxylation sites is 1. The van der Waals surface area contributed by atoms with Gasteiger partial charge in [0.1, 0.15) is 15.6 Å². The molecule has 0 atom stereocenters. The number of hydrogen-bond acceptors (Lipinski definition) is 7. The number of nitrogens with one attached hydrogen (secondary N) is 1. The maximum absolute atomic E-state index is 11.6. The van der Waals surface area contributed by atoms with Gasteiger partial charge in [0, 0.05) is 17.8 Å². The average Bonchev–Trinajstić information content (AvgIpc) is 2.87. The lowest BCUT2D eigenvalue weighted by molar-refractivity contribution is -0.386. The van der Waals surface area contributed by atoms with Crippen molar-refractivity contribution < 1.29 is 13.3 Å². The number of aromatic nitrogens is 1. The smallest absolute Gasteiger partial charge is 0.310 e. The number of nitro groups is 1. The molecule has 0 bridgehead atoms. The van der Waals surface area contributed by atoms with Crippen LogP contribution in [0, 0.1) is 10.1 Å². The van der Waals surface area contributed by atoms with Crippen molar-refractivity contribution in [2.24, 2.45) is 0 Å². The van der Waals surface area contributed by atoms with Crippen LogP contribution in [-0.2, 0) is 16.4 Å². The summed E-state index contributed by atoms with van der Waals surface area (Å²) in [7, 11) is -3.67. The minimum atomic E-state index is -3.67. The third-order valence-corrected chi connectivity index (χ3v) is 4.40. The molecule has 0 spiro atoms. The second kappa shape index (κ2) is 5.55. The summed E-state index contributed by atoms with van der Waals surface area (Å²) in [4.78, 5) is 14.2. The summed E-state index contributed by atoms with van der Waals surface area (Å²) in [6.45, 7) is 0.297. The van der Waals surface area contributed by atoms with E-state index in [0.717, 1.165) is 11.3 Å². The third-order valence-electron chi connectivity index (χ3n) is 2.49. The fourth-order valence-electron chi connectivity index (χ4n) is 1.66. The van der Waals surface area contributed by atoms with Gasteiger partial charge < -0.3 is 5.32 Å². The van der Waals surface area contributed by atoms with Gasteiger partial charge in [-0.1, -0.05) is 6.07 Å². The number of thiazole rings is 1. The number of sulfone groups is 1. The van der Waals surface area contributed by atoms with E-state index in [1.165, 1.54) is 29.5 Å². The molecule has 0 amide bonds. The molecule has 1 aromatic heterocycles. The Balaban J connectivity index is 2.40. The Bertz CT molecular complexity index is 726. The average molecular weight is 313 g/mol. The molecule has 7 nitrogen and oxygen atoms in total. The predicted octanol–water partition coefficient (Wildman–Crippen LogP) is 2.07. The quantitative estimate of drug-likeness (QED) is 0.669. The SMILES string of the molecule is CS(=O)(=O)c1cccc(NCc2nccs2)c1[N+](=O)[O-]. The van der Waals surface area contributed by atoms with E-state index in [9.17, 15) is 18.5 Å². The molecule has 2 aromatic rings. The monoisotopic (exact) mass is 313 g/mol. The highest BCUT2D eigenvalue weighted by Crippen LogP contribution is 2.32. The van der Waals surface area contributed by atoms with Crippen LogP contribution in [0.3, 0.4) is 0 Å². The summed E-state index contributed by atoms with van der Waals surface area (Å²) in [5.41, 5.74) is -0.278. The van der Waals surface area contributed by atoms with Crippen LogP contribution in [0.2, 0.25) is 0 Å². The topological polar surface area (TPSA) is 102 Å². The van der Waals surface area contributed by atoms with Crippen molar-refractivity contribution in [2.75, 3.05) is 11.6 Å². The van der Waals surface area contributed by atoms with Gasteiger partial charge in [0.2, 0.25) is 0 Å². The van der Waals surface area contributed by atoms with Gasteiger partial charge in [-0.2, -0.15) is 0 Å². The van der Waals surface area contributed by atoms with Crippen LogP contribution < -0.4 is 5.32 Å². The van der Waals surface area contributed by atoms with Crippen molar-refractivity contribution in [3.63, 3.8) is 0 Å². The summed E-state index contributed by atoms with van der Waals surface area (Å²) in [6, 6.07) is 4.16. The van der Waals surface area contributed by atoms with Gasteiger partial charge in [0.25, 0.3) is 0 Å². The highest BCUT2D eigenvalue weighted by Gasteiger charge is 2.25. The molecule has 0 aliphatic carbocycles. The Kier molecular flexibility index (Phi) is 4.00. The van der Waals surface area contributed by atoms with Crippen LogP contribution in [0.15, 0.2) is 34.7 Å². The fourth-order valence-corrected chi connectivity index (χ4v) is 3.08. The Morgan fingerprint density at radius 1 is 1.45 bits per heavy atom. The van der Waals surface area contributed by atoms with E-state index in [2.05, 4.69) is 10.3 Å². The number of hydrogen-bond donors (Lipinski definition) is 1. The Hall–Kier alpha value is -2.00. The maximum atomic E-state index is 11.6. The largest absolute Gasteiger partial charge is 0.373 e. The van der Waals surface area contributed by atoms with Crippen molar-refractivity contribution >= 4 is 32.5 Å². The van der Waals surface area contributed by atoms with Crippen LogP contribution in [0.5, 0.6) is 0 Å². The van der Waals surface area contributed by atoms with E-state index in [1.54, 1.807) is 11.6 Å². The third kappa shape index (κ3) is 3.11. The normalized spacial score (nSPS) is 11.2. The molecular formula is C11H11N3O4S2. The van der Waals surface area contributed by atoms with E-state index < -0.39 is 20.4 Å². The molecule has 1 N–H and O–H groups in total.